The van der Waals surface area contributed by atoms with E-state index in [1.807, 2.05) is 0 Å². The summed E-state index contributed by atoms with van der Waals surface area (Å²) in [5.74, 6) is -0.401. The molecule has 12 nitrogen and oxygen atoms in total. The zero-order valence-electron chi connectivity index (χ0n) is 39.6. The van der Waals surface area contributed by atoms with Crippen LogP contribution in [0.25, 0.3) is 0 Å². The topological polar surface area (TPSA) is 178 Å². The minimum atomic E-state index is -5.06. The van der Waals surface area contributed by atoms with E-state index in [1.54, 1.807) is 0 Å². The number of aliphatic hydroxyl groups excluding tert-OH is 3. The van der Waals surface area contributed by atoms with Crippen LogP contribution in [0.1, 0.15) is 213 Å². The predicted molar refractivity (Wildman–Crippen MR) is 253 cm³/mol. The van der Waals surface area contributed by atoms with Gasteiger partial charge in [0.1, 0.15) is 30.5 Å². The van der Waals surface area contributed by atoms with Gasteiger partial charge in [-0.15, -0.1) is 0 Å². The van der Waals surface area contributed by atoms with Crippen LogP contribution in [0, 0.1) is 0 Å². The molecule has 13 heteroatoms. The van der Waals surface area contributed by atoms with E-state index in [0.29, 0.717) is 13.0 Å². The molecule has 1 aliphatic rings. The first-order chi connectivity index (χ1) is 30.6. The molecular weight excluding hydrogens is 825 g/mol. The molecule has 0 saturated carbocycles. The molecule has 4 N–H and O–H groups in total. The fourth-order valence-electron chi connectivity index (χ4n) is 7.75. The van der Waals surface area contributed by atoms with Crippen molar-refractivity contribution in [3.63, 3.8) is 0 Å². The van der Waals surface area contributed by atoms with Crippen LogP contribution < -0.4 is 0 Å². The van der Waals surface area contributed by atoms with Gasteiger partial charge < -0.3 is 34.3 Å². The van der Waals surface area contributed by atoms with Gasteiger partial charge in [-0.1, -0.05) is 198 Å². The molecular formula is C50H92O12S. The van der Waals surface area contributed by atoms with E-state index in [2.05, 4.69) is 54.5 Å². The number of aliphatic hydroxyl groups is 3. The molecule has 0 radical (unpaired) electrons. The van der Waals surface area contributed by atoms with Gasteiger partial charge in [0.15, 0.2) is 6.29 Å². The fraction of sp³-hybridized carbons (Fsp3) is 0.860. The van der Waals surface area contributed by atoms with Crippen molar-refractivity contribution in [2.45, 2.75) is 250 Å². The lowest BCUT2D eigenvalue weighted by molar-refractivity contribution is -0.301. The van der Waals surface area contributed by atoms with Gasteiger partial charge in [0, 0.05) is 13.0 Å². The van der Waals surface area contributed by atoms with Crippen LogP contribution in [0.2, 0.25) is 0 Å². The summed E-state index contributed by atoms with van der Waals surface area (Å²) in [4.78, 5) is 12.9. The maximum atomic E-state index is 12.9. The Morgan fingerprint density at radius 2 is 1.10 bits per heavy atom. The van der Waals surface area contributed by atoms with Crippen molar-refractivity contribution in [1.82, 2.24) is 0 Å². The molecule has 0 spiro atoms. The zero-order valence-corrected chi connectivity index (χ0v) is 40.5. The van der Waals surface area contributed by atoms with Gasteiger partial charge in [-0.3, -0.25) is 9.35 Å². The van der Waals surface area contributed by atoms with Gasteiger partial charge in [-0.05, 0) is 44.9 Å². The highest BCUT2D eigenvalue weighted by Gasteiger charge is 2.48. The number of carbonyl (C=O) groups is 1. The van der Waals surface area contributed by atoms with Crippen LogP contribution in [0.15, 0.2) is 36.5 Å². The van der Waals surface area contributed by atoms with Gasteiger partial charge in [0.25, 0.3) is 0 Å². The first-order valence-corrected chi connectivity index (χ1v) is 26.6. The molecule has 0 aromatic heterocycles. The molecule has 1 heterocycles. The van der Waals surface area contributed by atoms with Crippen LogP contribution in [0.5, 0.6) is 0 Å². The quantitative estimate of drug-likeness (QED) is 0.0197. The van der Waals surface area contributed by atoms with Crippen molar-refractivity contribution < 1.29 is 56.2 Å². The Hall–Kier alpha value is -1.68. The Morgan fingerprint density at radius 1 is 0.619 bits per heavy atom. The summed E-state index contributed by atoms with van der Waals surface area (Å²) in [6.07, 6.45) is 40.3. The smallest absolute Gasteiger partial charge is 0.397 e. The van der Waals surface area contributed by atoms with E-state index < -0.39 is 59.8 Å². The van der Waals surface area contributed by atoms with Crippen LogP contribution in [-0.2, 0) is 38.3 Å². The van der Waals surface area contributed by atoms with Gasteiger partial charge in [0.2, 0.25) is 0 Å². The monoisotopic (exact) mass is 917 g/mol. The Morgan fingerprint density at radius 3 is 1.60 bits per heavy atom. The van der Waals surface area contributed by atoms with E-state index in [0.717, 1.165) is 70.6 Å². The average molecular weight is 917 g/mol. The van der Waals surface area contributed by atoms with E-state index >= 15 is 0 Å². The summed E-state index contributed by atoms with van der Waals surface area (Å²) in [6.45, 7) is 3.88. The maximum absolute atomic E-state index is 12.9. The average Bonchev–Trinajstić information content (AvgIpc) is 3.26. The van der Waals surface area contributed by atoms with Crippen molar-refractivity contribution in [3.05, 3.63) is 36.5 Å². The Balaban J connectivity index is 2.36. The Bertz CT molecular complexity index is 1240. The predicted octanol–water partition coefficient (Wildman–Crippen LogP) is 11.4. The third-order valence-corrected chi connectivity index (χ3v) is 12.0. The number of ether oxygens (including phenoxy) is 4. The summed E-state index contributed by atoms with van der Waals surface area (Å²) in [5, 5.41) is 30.7. The lowest BCUT2D eigenvalue weighted by Crippen LogP contribution is -2.60. The van der Waals surface area contributed by atoms with Crippen molar-refractivity contribution >= 4 is 16.4 Å². The summed E-state index contributed by atoms with van der Waals surface area (Å²) >= 11 is 0. The highest BCUT2D eigenvalue weighted by atomic mass is 32.3. The number of hydrogen-bond acceptors (Lipinski definition) is 11. The number of esters is 1. The molecule has 1 saturated heterocycles. The van der Waals surface area contributed by atoms with E-state index in [9.17, 15) is 33.1 Å². The molecule has 63 heavy (non-hydrogen) atoms. The number of carbonyl (C=O) groups excluding carboxylic acids is 1. The molecule has 1 aliphatic heterocycles. The van der Waals surface area contributed by atoms with E-state index in [4.69, 9.17) is 18.9 Å². The van der Waals surface area contributed by atoms with Crippen molar-refractivity contribution in [3.8, 4) is 0 Å². The Labute approximate surface area is 383 Å². The first-order valence-electron chi connectivity index (χ1n) is 25.2. The molecule has 1 fully saturated rings. The number of unbranched alkanes of at least 4 members (excludes halogenated alkanes) is 25. The summed E-state index contributed by atoms with van der Waals surface area (Å²) < 4.78 is 59.2. The molecule has 6 unspecified atom stereocenters. The van der Waals surface area contributed by atoms with Gasteiger partial charge in [0.05, 0.1) is 19.8 Å². The summed E-state index contributed by atoms with van der Waals surface area (Å²) in [5.41, 5.74) is 0. The lowest BCUT2D eigenvalue weighted by atomic mass is 9.99. The second-order valence-corrected chi connectivity index (χ2v) is 18.4. The van der Waals surface area contributed by atoms with Gasteiger partial charge in [-0.2, -0.15) is 8.42 Å². The zero-order chi connectivity index (χ0) is 46.1. The summed E-state index contributed by atoms with van der Waals surface area (Å²) in [7, 11) is -5.06. The van der Waals surface area contributed by atoms with Crippen molar-refractivity contribution in [2.24, 2.45) is 0 Å². The second kappa shape index (κ2) is 41.7. The second-order valence-electron chi connectivity index (χ2n) is 17.4. The van der Waals surface area contributed by atoms with Crippen LogP contribution >= 0.6 is 0 Å². The number of hydrogen-bond donors (Lipinski definition) is 4. The molecule has 0 bridgehead atoms. The first kappa shape index (κ1) is 59.3. The van der Waals surface area contributed by atoms with E-state index in [-0.39, 0.29) is 19.6 Å². The minimum Gasteiger partial charge on any atom is -0.457 e. The number of allylic oxidation sites excluding steroid dienone is 6. The summed E-state index contributed by atoms with van der Waals surface area (Å²) in [6, 6.07) is 0. The Kier molecular flexibility index (Phi) is 39.3. The van der Waals surface area contributed by atoms with Crippen LogP contribution in [0.4, 0.5) is 0 Å². The molecule has 0 aliphatic carbocycles. The van der Waals surface area contributed by atoms with E-state index in [1.165, 1.54) is 116 Å². The SMILES string of the molecule is CC/C=C\C/C=C\C/C=C\CCCCCCCCOCC(COC1OC(CO)C(O)C(OS(=O)(=O)O)C1O)OC(=O)CCCCCCCCCCCCCCCCCCCCCC. The molecule has 0 aromatic carbocycles. The third kappa shape index (κ3) is 35.2. The molecule has 370 valence electrons. The normalized spacial score (nSPS) is 20.1. The largest absolute Gasteiger partial charge is 0.457 e. The molecule has 0 amide bonds. The molecule has 6 atom stereocenters. The fourth-order valence-corrected chi connectivity index (χ4v) is 8.26. The number of rotatable bonds is 44. The van der Waals surface area contributed by atoms with Crippen molar-refractivity contribution in [1.29, 1.82) is 0 Å². The highest BCUT2D eigenvalue weighted by Crippen LogP contribution is 2.26. The maximum Gasteiger partial charge on any atom is 0.397 e. The van der Waals surface area contributed by atoms with Gasteiger partial charge >= 0.3 is 16.4 Å². The lowest BCUT2D eigenvalue weighted by Gasteiger charge is -2.41. The third-order valence-electron chi connectivity index (χ3n) is 11.5. The minimum absolute atomic E-state index is 0.0295. The highest BCUT2D eigenvalue weighted by molar-refractivity contribution is 7.80. The molecule has 1 rings (SSSR count). The van der Waals surface area contributed by atoms with Gasteiger partial charge in [-0.25, -0.2) is 4.18 Å². The molecule has 0 aromatic rings. The van der Waals surface area contributed by atoms with Crippen LogP contribution in [-0.4, -0.2) is 97.5 Å². The van der Waals surface area contributed by atoms with Crippen molar-refractivity contribution in [2.75, 3.05) is 26.4 Å². The van der Waals surface area contributed by atoms with Crippen LogP contribution in [0.3, 0.4) is 0 Å². The standard InChI is InChI=1S/C50H92O12S/c1-3-5-7-9-11-13-15-17-19-21-22-23-24-25-27-29-31-33-35-37-39-46(52)60-44(43-59-50-48(54)49(62-63(55,56)57)47(53)45(41-51)61-50)42-58-40-38-36-34-32-30-28-26-20-18-16-14-12-10-8-6-4-2/h6,8,12,14,18,20,44-45,47-51,53-54H,3-5,7,9-11,13,15-17,19,21-43H2,1-2H3,(H,55,56,57)/b8-6-,14-12-,20-18-.